The zero-order valence-electron chi connectivity index (χ0n) is 11.9. The first-order chi connectivity index (χ1) is 10.2. The van der Waals surface area contributed by atoms with Crippen LogP contribution in [-0.2, 0) is 0 Å². The van der Waals surface area contributed by atoms with Crippen LogP contribution in [0.1, 0.15) is 12.8 Å². The van der Waals surface area contributed by atoms with Crippen LogP contribution >= 0.6 is 0 Å². The monoisotopic (exact) mass is 287 g/mol. The van der Waals surface area contributed by atoms with Crippen molar-refractivity contribution in [3.63, 3.8) is 0 Å². The van der Waals surface area contributed by atoms with Gasteiger partial charge in [0, 0.05) is 36.0 Å². The van der Waals surface area contributed by atoms with Crippen LogP contribution in [0.15, 0.2) is 24.3 Å². The summed E-state index contributed by atoms with van der Waals surface area (Å²) in [5, 5.41) is 7.83. The van der Waals surface area contributed by atoms with E-state index >= 15 is 0 Å². The molecule has 2 fully saturated rings. The molecule has 2 heterocycles. The summed E-state index contributed by atoms with van der Waals surface area (Å²) >= 11 is 0. The van der Waals surface area contributed by atoms with Gasteiger partial charge in [0.25, 0.3) is 0 Å². The van der Waals surface area contributed by atoms with Crippen LogP contribution in [0.25, 0.3) is 10.9 Å². The first-order valence-electron chi connectivity index (χ1n) is 7.32. The number of nitrogens with one attached hydrogen (secondary N) is 2. The average Bonchev–Trinajstić information content (AvgIpc) is 3.16. The molecule has 0 amide bonds. The van der Waals surface area contributed by atoms with Gasteiger partial charge in [0.05, 0.1) is 12.6 Å². The van der Waals surface area contributed by atoms with Crippen molar-refractivity contribution in [2.24, 2.45) is 5.41 Å². The molecule has 1 aromatic carbocycles. The lowest BCUT2D eigenvalue weighted by atomic mass is 10.0. The molecule has 1 spiro atoms. The van der Waals surface area contributed by atoms with E-state index in [4.69, 9.17) is 4.74 Å². The maximum Gasteiger partial charge on any atom is 0.167 e. The van der Waals surface area contributed by atoms with Crippen LogP contribution in [0, 0.1) is 11.2 Å². The minimum Gasteiger partial charge on any atom is -0.494 e. The van der Waals surface area contributed by atoms with Gasteiger partial charge in [-0.2, -0.15) is 0 Å². The molecule has 110 valence electrons. The fourth-order valence-corrected chi connectivity index (χ4v) is 3.24. The number of nitrogens with zero attached hydrogens (tertiary/aromatic N) is 1. The van der Waals surface area contributed by atoms with E-state index < -0.39 is 0 Å². The molecule has 1 aromatic heterocycles. The third kappa shape index (κ3) is 2.12. The zero-order valence-corrected chi connectivity index (χ0v) is 11.9. The van der Waals surface area contributed by atoms with Gasteiger partial charge in [-0.3, -0.25) is 0 Å². The second kappa shape index (κ2) is 4.56. The summed E-state index contributed by atoms with van der Waals surface area (Å²) < 4.78 is 18.8. The van der Waals surface area contributed by atoms with Crippen LogP contribution in [0.5, 0.6) is 5.75 Å². The van der Waals surface area contributed by atoms with E-state index in [9.17, 15) is 4.39 Å². The van der Waals surface area contributed by atoms with E-state index in [2.05, 4.69) is 15.6 Å². The highest BCUT2D eigenvalue weighted by Gasteiger charge is 2.52. The lowest BCUT2D eigenvalue weighted by Gasteiger charge is -2.19. The molecule has 1 aliphatic heterocycles. The standard InChI is InChI=1S/C16H18FN3O/c1-21-13-6-10-2-3-15(19-12(10)7-11(13)17)20-14-8-18-9-16(14)4-5-16/h2-3,6-7,14,18H,4-5,8-9H2,1H3,(H,19,20). The van der Waals surface area contributed by atoms with Crippen molar-refractivity contribution in [2.45, 2.75) is 18.9 Å². The van der Waals surface area contributed by atoms with E-state index in [1.54, 1.807) is 6.07 Å². The molecule has 0 bridgehead atoms. The molecule has 1 aliphatic carbocycles. The smallest absolute Gasteiger partial charge is 0.167 e. The Morgan fingerprint density at radius 2 is 2.24 bits per heavy atom. The summed E-state index contributed by atoms with van der Waals surface area (Å²) in [7, 11) is 1.47. The molecule has 21 heavy (non-hydrogen) atoms. The number of hydrogen-bond acceptors (Lipinski definition) is 4. The molecule has 5 heteroatoms. The number of rotatable bonds is 3. The fourth-order valence-electron chi connectivity index (χ4n) is 3.24. The maximum absolute atomic E-state index is 13.8. The van der Waals surface area contributed by atoms with Crippen molar-refractivity contribution in [1.82, 2.24) is 10.3 Å². The van der Waals surface area contributed by atoms with Crippen LogP contribution < -0.4 is 15.4 Å². The zero-order chi connectivity index (χ0) is 14.4. The number of hydrogen-bond donors (Lipinski definition) is 2. The average molecular weight is 287 g/mol. The van der Waals surface area contributed by atoms with Crippen molar-refractivity contribution < 1.29 is 9.13 Å². The van der Waals surface area contributed by atoms with Gasteiger partial charge in [-0.1, -0.05) is 0 Å². The molecule has 4 rings (SSSR count). The summed E-state index contributed by atoms with van der Waals surface area (Å²) in [5.41, 5.74) is 1.07. The first kappa shape index (κ1) is 12.8. The molecule has 2 N–H and O–H groups in total. The highest BCUT2D eigenvalue weighted by Crippen LogP contribution is 2.51. The minimum atomic E-state index is -0.379. The van der Waals surface area contributed by atoms with Gasteiger partial charge in [-0.25, -0.2) is 9.37 Å². The Morgan fingerprint density at radius 3 is 3.00 bits per heavy atom. The summed E-state index contributed by atoms with van der Waals surface area (Å²) in [4.78, 5) is 4.53. The van der Waals surface area contributed by atoms with Crippen molar-refractivity contribution in [3.8, 4) is 5.75 Å². The number of ether oxygens (including phenoxy) is 1. The summed E-state index contributed by atoms with van der Waals surface area (Å²) in [5.74, 6) is 0.685. The number of pyridine rings is 1. The van der Waals surface area contributed by atoms with Crippen molar-refractivity contribution in [2.75, 3.05) is 25.5 Å². The van der Waals surface area contributed by atoms with Gasteiger partial charge >= 0.3 is 0 Å². The Kier molecular flexibility index (Phi) is 2.79. The predicted molar refractivity (Wildman–Crippen MR) is 80.2 cm³/mol. The van der Waals surface area contributed by atoms with Crippen LogP contribution in [0.2, 0.25) is 0 Å². The van der Waals surface area contributed by atoms with Crippen LogP contribution in [0.4, 0.5) is 10.2 Å². The number of benzene rings is 1. The van der Waals surface area contributed by atoms with Gasteiger partial charge in [-0.05, 0) is 31.0 Å². The number of halogens is 1. The van der Waals surface area contributed by atoms with Crippen molar-refractivity contribution in [1.29, 1.82) is 0 Å². The van der Waals surface area contributed by atoms with E-state index in [0.29, 0.717) is 17.0 Å². The molecular weight excluding hydrogens is 269 g/mol. The van der Waals surface area contributed by atoms with Gasteiger partial charge in [0.1, 0.15) is 5.82 Å². The second-order valence-corrected chi connectivity index (χ2v) is 6.07. The molecule has 2 aromatic rings. The summed E-state index contributed by atoms with van der Waals surface area (Å²) in [6.45, 7) is 2.06. The fraction of sp³-hybridized carbons (Fsp3) is 0.438. The highest BCUT2D eigenvalue weighted by atomic mass is 19.1. The van der Waals surface area contributed by atoms with Crippen LogP contribution in [0.3, 0.4) is 0 Å². The quantitative estimate of drug-likeness (QED) is 0.910. The van der Waals surface area contributed by atoms with Crippen molar-refractivity contribution >= 4 is 16.7 Å². The molecule has 1 atom stereocenters. The minimum absolute atomic E-state index is 0.252. The van der Waals surface area contributed by atoms with E-state index in [1.807, 2.05) is 12.1 Å². The van der Waals surface area contributed by atoms with Gasteiger partial charge in [0.15, 0.2) is 11.6 Å². The Balaban J connectivity index is 1.64. The number of aromatic nitrogens is 1. The van der Waals surface area contributed by atoms with E-state index in [1.165, 1.54) is 26.0 Å². The van der Waals surface area contributed by atoms with Gasteiger partial charge in [0.2, 0.25) is 0 Å². The summed E-state index contributed by atoms with van der Waals surface area (Å²) in [6, 6.07) is 7.44. The van der Waals surface area contributed by atoms with Crippen molar-refractivity contribution in [3.05, 3.63) is 30.1 Å². The molecule has 1 unspecified atom stereocenters. The molecule has 1 saturated heterocycles. The first-order valence-corrected chi connectivity index (χ1v) is 7.32. The SMILES string of the molecule is COc1cc2ccc(NC3CNCC34CC4)nc2cc1F. The molecule has 1 saturated carbocycles. The Hall–Kier alpha value is -1.88. The molecule has 2 aliphatic rings. The van der Waals surface area contributed by atoms with E-state index in [-0.39, 0.29) is 11.6 Å². The predicted octanol–water partition coefficient (Wildman–Crippen LogP) is 2.55. The topological polar surface area (TPSA) is 46.2 Å². The normalized spacial score (nSPS) is 22.7. The Labute approximate surface area is 122 Å². The molecular formula is C16H18FN3O. The Morgan fingerprint density at radius 1 is 1.38 bits per heavy atom. The third-order valence-electron chi connectivity index (χ3n) is 4.74. The maximum atomic E-state index is 13.8. The lowest BCUT2D eigenvalue weighted by Crippen LogP contribution is -2.29. The van der Waals surface area contributed by atoms with Gasteiger partial charge in [-0.15, -0.1) is 0 Å². The lowest BCUT2D eigenvalue weighted by molar-refractivity contribution is 0.387. The number of fused-ring (bicyclic) bond motifs is 1. The summed E-state index contributed by atoms with van der Waals surface area (Å²) in [6.07, 6.45) is 2.55. The number of methoxy groups -OCH3 is 1. The second-order valence-electron chi connectivity index (χ2n) is 6.07. The van der Waals surface area contributed by atoms with Crippen LogP contribution in [-0.4, -0.2) is 31.2 Å². The molecule has 4 nitrogen and oxygen atoms in total. The largest absolute Gasteiger partial charge is 0.494 e. The van der Waals surface area contributed by atoms with Gasteiger partial charge < -0.3 is 15.4 Å². The highest BCUT2D eigenvalue weighted by molar-refractivity contribution is 5.82. The molecule has 0 radical (unpaired) electrons. The van der Waals surface area contributed by atoms with E-state index in [0.717, 1.165) is 24.3 Å². The number of anilines is 1. The third-order valence-corrected chi connectivity index (χ3v) is 4.74. The Bertz CT molecular complexity index is 699.